The number of amides is 1. The summed E-state index contributed by atoms with van der Waals surface area (Å²) in [5, 5.41) is 2.89. The summed E-state index contributed by atoms with van der Waals surface area (Å²) in [6, 6.07) is 7.23. The van der Waals surface area contributed by atoms with Gasteiger partial charge in [-0.3, -0.25) is 9.59 Å². The first-order chi connectivity index (χ1) is 7.90. The molecule has 0 fully saturated rings. The zero-order valence-electron chi connectivity index (χ0n) is 10.3. The van der Waals surface area contributed by atoms with Crippen molar-refractivity contribution in [2.75, 3.05) is 5.75 Å². The molecule has 1 aromatic carbocycles. The molecule has 0 radical (unpaired) electrons. The van der Waals surface area contributed by atoms with Crippen LogP contribution in [0.15, 0.2) is 29.2 Å². The second-order valence-electron chi connectivity index (χ2n) is 4.78. The molecule has 0 unspecified atom stereocenters. The predicted molar refractivity (Wildman–Crippen MR) is 70.4 cm³/mol. The van der Waals surface area contributed by atoms with Gasteiger partial charge >= 0.3 is 0 Å². The molecule has 0 aromatic heterocycles. The zero-order chi connectivity index (χ0) is 12.9. The third-order valence-electron chi connectivity index (χ3n) is 1.88. The Bertz CT molecular complexity index is 410. The fourth-order valence-corrected chi connectivity index (χ4v) is 2.04. The van der Waals surface area contributed by atoms with Crippen LogP contribution in [0, 0.1) is 0 Å². The lowest BCUT2D eigenvalue weighted by Crippen LogP contribution is -2.41. The largest absolute Gasteiger partial charge is 0.351 e. The fraction of sp³-hybridized carbons (Fsp3) is 0.385. The predicted octanol–water partition coefficient (Wildman–Crippen LogP) is 2.51. The third kappa shape index (κ3) is 5.54. The molecule has 17 heavy (non-hydrogen) atoms. The van der Waals surface area contributed by atoms with Gasteiger partial charge < -0.3 is 5.32 Å². The van der Waals surface area contributed by atoms with Crippen LogP contribution in [0.2, 0.25) is 0 Å². The van der Waals surface area contributed by atoms with E-state index in [2.05, 4.69) is 5.32 Å². The van der Waals surface area contributed by atoms with Gasteiger partial charge in [-0.1, -0.05) is 12.1 Å². The average Bonchev–Trinajstić information content (AvgIpc) is 2.24. The molecule has 0 aliphatic heterocycles. The Morgan fingerprint density at radius 1 is 1.41 bits per heavy atom. The number of nitrogens with one attached hydrogen (secondary N) is 1. The summed E-state index contributed by atoms with van der Waals surface area (Å²) in [6.07, 6.45) is 0.805. The first kappa shape index (κ1) is 13.8. The van der Waals surface area contributed by atoms with Crippen molar-refractivity contribution in [3.05, 3.63) is 29.8 Å². The van der Waals surface area contributed by atoms with Crippen molar-refractivity contribution in [2.24, 2.45) is 0 Å². The molecule has 0 aliphatic carbocycles. The van der Waals surface area contributed by atoms with E-state index in [1.165, 1.54) is 11.8 Å². The highest BCUT2D eigenvalue weighted by molar-refractivity contribution is 8.00. The zero-order valence-corrected chi connectivity index (χ0v) is 11.1. The lowest BCUT2D eigenvalue weighted by Gasteiger charge is -2.20. The van der Waals surface area contributed by atoms with E-state index in [1.807, 2.05) is 32.9 Å². The highest BCUT2D eigenvalue weighted by atomic mass is 32.2. The maximum absolute atomic E-state index is 11.6. The molecule has 1 aromatic rings. The fourth-order valence-electron chi connectivity index (χ4n) is 1.28. The minimum absolute atomic E-state index is 0.000920. The molecule has 1 rings (SSSR count). The summed E-state index contributed by atoms with van der Waals surface area (Å²) in [6.45, 7) is 5.84. The lowest BCUT2D eigenvalue weighted by atomic mass is 10.1. The van der Waals surface area contributed by atoms with E-state index in [-0.39, 0.29) is 11.4 Å². The van der Waals surface area contributed by atoms with Gasteiger partial charge in [0, 0.05) is 16.0 Å². The molecule has 0 spiro atoms. The van der Waals surface area contributed by atoms with E-state index >= 15 is 0 Å². The maximum Gasteiger partial charge on any atom is 0.230 e. The number of carbonyl (C=O) groups excluding carboxylic acids is 2. The normalized spacial score (nSPS) is 11.0. The Kier molecular flexibility index (Phi) is 4.75. The van der Waals surface area contributed by atoms with Crippen molar-refractivity contribution in [3.63, 3.8) is 0 Å². The molecule has 92 valence electrons. The van der Waals surface area contributed by atoms with Crippen LogP contribution in [0.25, 0.3) is 0 Å². The number of aldehydes is 1. The van der Waals surface area contributed by atoms with E-state index in [0.29, 0.717) is 11.3 Å². The minimum atomic E-state index is -0.206. The van der Waals surface area contributed by atoms with Crippen LogP contribution < -0.4 is 5.32 Å². The van der Waals surface area contributed by atoms with Crippen molar-refractivity contribution >= 4 is 24.0 Å². The molecule has 0 saturated heterocycles. The number of benzene rings is 1. The Balaban J connectivity index is 2.50. The summed E-state index contributed by atoms with van der Waals surface area (Å²) in [5.74, 6) is 0.360. The van der Waals surface area contributed by atoms with Crippen molar-refractivity contribution in [3.8, 4) is 0 Å². The van der Waals surface area contributed by atoms with Crippen LogP contribution in [0.4, 0.5) is 0 Å². The summed E-state index contributed by atoms with van der Waals surface area (Å²) < 4.78 is 0. The van der Waals surface area contributed by atoms with Gasteiger partial charge in [0.05, 0.1) is 5.75 Å². The summed E-state index contributed by atoms with van der Waals surface area (Å²) in [7, 11) is 0. The molecule has 3 nitrogen and oxygen atoms in total. The van der Waals surface area contributed by atoms with E-state index in [1.54, 1.807) is 12.1 Å². The van der Waals surface area contributed by atoms with Gasteiger partial charge in [-0.15, -0.1) is 11.8 Å². The lowest BCUT2D eigenvalue weighted by molar-refractivity contribution is -0.119. The van der Waals surface area contributed by atoms with Gasteiger partial charge in [0.2, 0.25) is 5.91 Å². The van der Waals surface area contributed by atoms with E-state index < -0.39 is 0 Å². The highest BCUT2D eigenvalue weighted by Gasteiger charge is 2.13. The standard InChI is InChI=1S/C13H17NO2S/c1-13(2,3)14-12(16)9-17-11-6-4-5-10(7-11)8-15/h4-8H,9H2,1-3H3,(H,14,16). The Labute approximate surface area is 106 Å². The second-order valence-corrected chi connectivity index (χ2v) is 5.83. The van der Waals surface area contributed by atoms with Crippen molar-refractivity contribution in [1.29, 1.82) is 0 Å². The Morgan fingerprint density at radius 2 is 2.12 bits per heavy atom. The van der Waals surface area contributed by atoms with Crippen LogP contribution in [0.3, 0.4) is 0 Å². The first-order valence-corrected chi connectivity index (χ1v) is 6.38. The topological polar surface area (TPSA) is 46.2 Å². The number of rotatable bonds is 4. The third-order valence-corrected chi connectivity index (χ3v) is 2.87. The average molecular weight is 251 g/mol. The van der Waals surface area contributed by atoms with Gasteiger partial charge in [-0.05, 0) is 32.9 Å². The van der Waals surface area contributed by atoms with Crippen LogP contribution in [-0.4, -0.2) is 23.5 Å². The van der Waals surface area contributed by atoms with Gasteiger partial charge in [-0.25, -0.2) is 0 Å². The SMILES string of the molecule is CC(C)(C)NC(=O)CSc1cccc(C=O)c1. The Morgan fingerprint density at radius 3 is 2.71 bits per heavy atom. The Hall–Kier alpha value is -1.29. The quantitative estimate of drug-likeness (QED) is 0.660. The van der Waals surface area contributed by atoms with Gasteiger partial charge in [0.15, 0.2) is 0 Å². The molecule has 0 heterocycles. The van der Waals surface area contributed by atoms with Crippen molar-refractivity contribution < 1.29 is 9.59 Å². The molecule has 0 atom stereocenters. The second kappa shape index (κ2) is 5.87. The monoisotopic (exact) mass is 251 g/mol. The van der Waals surface area contributed by atoms with E-state index in [4.69, 9.17) is 0 Å². The summed E-state index contributed by atoms with van der Waals surface area (Å²) in [5.41, 5.74) is 0.425. The summed E-state index contributed by atoms with van der Waals surface area (Å²) >= 11 is 1.43. The van der Waals surface area contributed by atoms with Gasteiger partial charge in [0.25, 0.3) is 0 Å². The molecule has 1 amide bonds. The van der Waals surface area contributed by atoms with E-state index in [9.17, 15) is 9.59 Å². The molecule has 0 saturated carbocycles. The number of thioether (sulfide) groups is 1. The molecular formula is C13H17NO2S. The van der Waals surface area contributed by atoms with Crippen molar-refractivity contribution in [1.82, 2.24) is 5.32 Å². The van der Waals surface area contributed by atoms with Crippen LogP contribution in [0.5, 0.6) is 0 Å². The highest BCUT2D eigenvalue weighted by Crippen LogP contribution is 2.18. The smallest absolute Gasteiger partial charge is 0.230 e. The minimum Gasteiger partial charge on any atom is -0.351 e. The first-order valence-electron chi connectivity index (χ1n) is 5.40. The number of hydrogen-bond acceptors (Lipinski definition) is 3. The summed E-state index contributed by atoms with van der Waals surface area (Å²) in [4.78, 5) is 23.1. The van der Waals surface area contributed by atoms with Crippen LogP contribution >= 0.6 is 11.8 Å². The van der Waals surface area contributed by atoms with Crippen molar-refractivity contribution in [2.45, 2.75) is 31.2 Å². The molecule has 0 bridgehead atoms. The number of hydrogen-bond donors (Lipinski definition) is 1. The maximum atomic E-state index is 11.6. The van der Waals surface area contributed by atoms with Crippen LogP contribution in [-0.2, 0) is 4.79 Å². The number of carbonyl (C=O) groups is 2. The molecule has 0 aliphatic rings. The van der Waals surface area contributed by atoms with Gasteiger partial charge in [-0.2, -0.15) is 0 Å². The van der Waals surface area contributed by atoms with Crippen LogP contribution in [0.1, 0.15) is 31.1 Å². The molecule has 1 N–H and O–H groups in total. The molecule has 4 heteroatoms. The van der Waals surface area contributed by atoms with Gasteiger partial charge in [0.1, 0.15) is 6.29 Å². The van der Waals surface area contributed by atoms with E-state index in [0.717, 1.165) is 11.2 Å². The molecular weight excluding hydrogens is 234 g/mol.